The summed E-state index contributed by atoms with van der Waals surface area (Å²) in [6.07, 6.45) is 0. The summed E-state index contributed by atoms with van der Waals surface area (Å²) < 4.78 is 27.4. The molecule has 0 amide bonds. The predicted octanol–water partition coefficient (Wildman–Crippen LogP) is 3.51. The molecule has 0 saturated heterocycles. The Balaban J connectivity index is 2.33. The van der Waals surface area contributed by atoms with Crippen LogP contribution in [0.1, 0.15) is 9.67 Å². The van der Waals surface area contributed by atoms with Gasteiger partial charge < -0.3 is 5.11 Å². The number of rotatable bonds is 4. The van der Waals surface area contributed by atoms with Crippen molar-refractivity contribution < 1.29 is 18.3 Å². The minimum absolute atomic E-state index is 0.0425. The molecule has 0 saturated carbocycles. The molecule has 20 heavy (non-hydrogen) atoms. The molecule has 0 aliphatic rings. The normalized spacial score (nSPS) is 11.3. The molecule has 0 aliphatic heterocycles. The lowest BCUT2D eigenvalue weighted by Crippen LogP contribution is -2.12. The zero-order chi connectivity index (χ0) is 14.9. The summed E-state index contributed by atoms with van der Waals surface area (Å²) in [5.74, 6) is -1.16. The van der Waals surface area contributed by atoms with Gasteiger partial charge >= 0.3 is 5.97 Å². The standard InChI is InChI=1S/C11H7ClINO4S2/c12-8-3-6(13)1-2-9(8)14-20(17,18)7-4-10(11(15)16)19-5-7/h1-5,14H,(H,15,16). The van der Waals surface area contributed by atoms with E-state index in [1.807, 2.05) is 0 Å². The number of carbonyl (C=O) groups is 1. The van der Waals surface area contributed by atoms with Gasteiger partial charge in [0.2, 0.25) is 0 Å². The van der Waals surface area contributed by atoms with Crippen molar-refractivity contribution in [1.82, 2.24) is 0 Å². The monoisotopic (exact) mass is 443 g/mol. The second-order valence-corrected chi connectivity index (χ2v) is 7.93. The fourth-order valence-electron chi connectivity index (χ4n) is 1.35. The van der Waals surface area contributed by atoms with Crippen LogP contribution in [-0.2, 0) is 10.0 Å². The summed E-state index contributed by atoms with van der Waals surface area (Å²) in [6, 6.07) is 5.99. The van der Waals surface area contributed by atoms with Gasteiger partial charge in [-0.3, -0.25) is 4.72 Å². The molecule has 9 heteroatoms. The molecule has 106 valence electrons. The van der Waals surface area contributed by atoms with E-state index in [0.29, 0.717) is 0 Å². The van der Waals surface area contributed by atoms with Crippen molar-refractivity contribution in [3.63, 3.8) is 0 Å². The Morgan fingerprint density at radius 3 is 2.60 bits per heavy atom. The number of thiophene rings is 1. The van der Waals surface area contributed by atoms with Crippen LogP contribution >= 0.6 is 45.5 Å². The minimum atomic E-state index is -3.85. The van der Waals surface area contributed by atoms with Gasteiger partial charge in [0.05, 0.1) is 15.6 Å². The molecule has 0 bridgehead atoms. The highest BCUT2D eigenvalue weighted by Crippen LogP contribution is 2.27. The minimum Gasteiger partial charge on any atom is -0.477 e. The van der Waals surface area contributed by atoms with Gasteiger partial charge in [-0.2, -0.15) is 0 Å². The Kier molecular flexibility index (Phi) is 4.57. The van der Waals surface area contributed by atoms with E-state index < -0.39 is 16.0 Å². The Morgan fingerprint density at radius 2 is 2.05 bits per heavy atom. The van der Waals surface area contributed by atoms with E-state index in [4.69, 9.17) is 16.7 Å². The number of sulfonamides is 1. The van der Waals surface area contributed by atoms with Crippen LogP contribution < -0.4 is 4.72 Å². The number of aromatic carboxylic acids is 1. The first kappa shape index (κ1) is 15.5. The highest BCUT2D eigenvalue weighted by Gasteiger charge is 2.19. The van der Waals surface area contributed by atoms with Gasteiger partial charge in [-0.05, 0) is 46.9 Å². The first-order chi connectivity index (χ1) is 9.29. The third-order valence-corrected chi connectivity index (χ3v) is 5.67. The fraction of sp³-hybridized carbons (Fsp3) is 0. The van der Waals surface area contributed by atoms with Crippen LogP contribution in [0.3, 0.4) is 0 Å². The number of benzene rings is 1. The van der Waals surface area contributed by atoms with E-state index in [-0.39, 0.29) is 20.5 Å². The Morgan fingerprint density at radius 1 is 1.35 bits per heavy atom. The molecule has 1 aromatic carbocycles. The molecule has 1 aromatic heterocycles. The van der Waals surface area contributed by atoms with Crippen molar-refractivity contribution in [1.29, 1.82) is 0 Å². The predicted molar refractivity (Wildman–Crippen MR) is 86.3 cm³/mol. The van der Waals surface area contributed by atoms with E-state index in [1.165, 1.54) is 5.38 Å². The maximum atomic E-state index is 12.1. The highest BCUT2D eigenvalue weighted by atomic mass is 127. The molecule has 0 atom stereocenters. The van der Waals surface area contributed by atoms with E-state index in [9.17, 15) is 13.2 Å². The van der Waals surface area contributed by atoms with E-state index >= 15 is 0 Å². The summed E-state index contributed by atoms with van der Waals surface area (Å²) in [5, 5.41) is 10.3. The zero-order valence-corrected chi connectivity index (χ0v) is 14.2. The van der Waals surface area contributed by atoms with Crippen LogP contribution in [0.2, 0.25) is 5.02 Å². The first-order valence-corrected chi connectivity index (χ1v) is 8.91. The molecular formula is C11H7ClINO4S2. The average molecular weight is 444 g/mol. The summed E-state index contributed by atoms with van der Waals surface area (Å²) in [4.78, 5) is 10.6. The van der Waals surface area contributed by atoms with Crippen molar-refractivity contribution in [2.75, 3.05) is 4.72 Å². The molecule has 2 aromatic rings. The van der Waals surface area contributed by atoms with Crippen molar-refractivity contribution >= 4 is 67.2 Å². The highest BCUT2D eigenvalue weighted by molar-refractivity contribution is 14.1. The van der Waals surface area contributed by atoms with Crippen LogP contribution in [0.5, 0.6) is 0 Å². The first-order valence-electron chi connectivity index (χ1n) is 5.09. The lowest BCUT2D eigenvalue weighted by molar-refractivity contribution is 0.0702. The van der Waals surface area contributed by atoms with Crippen molar-refractivity contribution in [2.24, 2.45) is 0 Å². The Labute approximate surface area is 137 Å². The summed E-state index contributed by atoms with van der Waals surface area (Å²) in [7, 11) is -3.85. The largest absolute Gasteiger partial charge is 0.477 e. The van der Waals surface area contributed by atoms with E-state index in [1.54, 1.807) is 18.2 Å². The Hall–Kier alpha value is -0.840. The van der Waals surface area contributed by atoms with Crippen LogP contribution in [0, 0.1) is 3.57 Å². The van der Waals surface area contributed by atoms with Crippen molar-refractivity contribution in [3.05, 3.63) is 43.1 Å². The third kappa shape index (κ3) is 3.43. The maximum absolute atomic E-state index is 12.1. The quantitative estimate of drug-likeness (QED) is 0.709. The molecule has 2 rings (SSSR count). The SMILES string of the molecule is O=C(O)c1cc(S(=O)(=O)Nc2ccc(I)cc2Cl)cs1. The van der Waals surface area contributed by atoms with Gasteiger partial charge in [-0.1, -0.05) is 11.6 Å². The van der Waals surface area contributed by atoms with Crippen LogP contribution in [0.15, 0.2) is 34.5 Å². The second kappa shape index (κ2) is 5.88. The van der Waals surface area contributed by atoms with E-state index in [0.717, 1.165) is 21.0 Å². The topological polar surface area (TPSA) is 83.5 Å². The van der Waals surface area contributed by atoms with Gasteiger partial charge in [0.25, 0.3) is 10.0 Å². The number of halogens is 2. The molecule has 5 nitrogen and oxygen atoms in total. The lowest BCUT2D eigenvalue weighted by atomic mass is 10.3. The van der Waals surface area contributed by atoms with Crippen LogP contribution in [0.25, 0.3) is 0 Å². The number of hydrogen-bond donors (Lipinski definition) is 2. The van der Waals surface area contributed by atoms with Crippen molar-refractivity contribution in [3.8, 4) is 0 Å². The van der Waals surface area contributed by atoms with Crippen LogP contribution in [0.4, 0.5) is 5.69 Å². The number of carboxylic acid groups (broad SMARTS) is 1. The molecule has 0 aliphatic carbocycles. The van der Waals surface area contributed by atoms with Gasteiger partial charge in [0.1, 0.15) is 4.88 Å². The number of carboxylic acids is 1. The molecule has 0 unspecified atom stereocenters. The van der Waals surface area contributed by atoms with Gasteiger partial charge in [-0.25, -0.2) is 13.2 Å². The maximum Gasteiger partial charge on any atom is 0.345 e. The summed E-state index contributed by atoms with van der Waals surface area (Å²) in [5.41, 5.74) is 0.246. The van der Waals surface area contributed by atoms with Gasteiger partial charge in [0, 0.05) is 8.95 Å². The molecule has 0 fully saturated rings. The molecule has 0 spiro atoms. The Bertz CT molecular complexity index is 772. The van der Waals surface area contributed by atoms with Gasteiger partial charge in [0.15, 0.2) is 0 Å². The van der Waals surface area contributed by atoms with Gasteiger partial charge in [-0.15, -0.1) is 11.3 Å². The smallest absolute Gasteiger partial charge is 0.345 e. The summed E-state index contributed by atoms with van der Waals surface area (Å²) in [6.45, 7) is 0. The molecule has 0 radical (unpaired) electrons. The average Bonchev–Trinajstić information content (AvgIpc) is 2.83. The number of anilines is 1. The zero-order valence-electron chi connectivity index (χ0n) is 9.63. The summed E-state index contributed by atoms with van der Waals surface area (Å²) >= 11 is 8.86. The molecular weight excluding hydrogens is 437 g/mol. The van der Waals surface area contributed by atoms with E-state index in [2.05, 4.69) is 27.3 Å². The van der Waals surface area contributed by atoms with Crippen molar-refractivity contribution in [2.45, 2.75) is 4.90 Å². The molecule has 2 N–H and O–H groups in total. The third-order valence-electron chi connectivity index (χ3n) is 2.27. The number of hydrogen-bond acceptors (Lipinski definition) is 4. The van der Waals surface area contributed by atoms with Crippen LogP contribution in [-0.4, -0.2) is 19.5 Å². The lowest BCUT2D eigenvalue weighted by Gasteiger charge is -2.08. The fourth-order valence-corrected chi connectivity index (χ4v) is 4.50. The second-order valence-electron chi connectivity index (χ2n) is 3.68. The number of nitrogens with one attached hydrogen (secondary N) is 1. The molecule has 1 heterocycles.